The number of fused-ring (bicyclic) bond motifs is 2. The summed E-state index contributed by atoms with van der Waals surface area (Å²) in [5.74, 6) is 1.97. The molecule has 0 amide bonds. The molecule has 4 aromatic rings. The monoisotopic (exact) mass is 491 g/mol. The van der Waals surface area contributed by atoms with Crippen LogP contribution < -0.4 is 20.3 Å². The molecule has 1 atom stereocenters. The van der Waals surface area contributed by atoms with Gasteiger partial charge in [0.25, 0.3) is 0 Å². The second kappa shape index (κ2) is 9.16. The number of morpholine rings is 1. The van der Waals surface area contributed by atoms with Gasteiger partial charge in [0.05, 0.1) is 48.2 Å². The third kappa shape index (κ3) is 4.17. The number of nitrogens with zero attached hydrogens (tertiary/aromatic N) is 5. The normalized spacial score (nSPS) is 17.6. The van der Waals surface area contributed by atoms with Crippen molar-refractivity contribution in [2.45, 2.75) is 5.03 Å². The molecule has 35 heavy (non-hydrogen) atoms. The summed E-state index contributed by atoms with van der Waals surface area (Å²) >= 11 is 0. The summed E-state index contributed by atoms with van der Waals surface area (Å²) in [5.41, 5.74) is 4.93. The quantitative estimate of drug-likeness (QED) is 0.436. The molecule has 0 radical (unpaired) electrons. The number of anilines is 4. The summed E-state index contributed by atoms with van der Waals surface area (Å²) in [6.45, 7) is 3.74. The van der Waals surface area contributed by atoms with E-state index < -0.39 is 10.8 Å². The number of imidazole rings is 1. The van der Waals surface area contributed by atoms with Crippen LogP contribution in [0.4, 0.5) is 22.9 Å². The standard InChI is InChI=1S/C24H25N7O3S/c1-33-21-13-17(2-3-20(21)30-7-9-34-10-8-30)28-22-23-26-4-6-31(23)15-19(29-22)16-12-18-24(27-14-16)35(32)11-5-25-18/h2-4,6,12-15,25H,5,7-11H2,1H3,(H,28,29). The average Bonchev–Trinajstić information content (AvgIpc) is 3.38. The van der Waals surface area contributed by atoms with Crippen LogP contribution in [0.15, 0.2) is 54.1 Å². The van der Waals surface area contributed by atoms with Crippen molar-refractivity contribution in [1.29, 1.82) is 0 Å². The van der Waals surface area contributed by atoms with Crippen LogP contribution in [0.1, 0.15) is 0 Å². The maximum absolute atomic E-state index is 12.3. The zero-order chi connectivity index (χ0) is 23.8. The number of ether oxygens (including phenoxy) is 2. The van der Waals surface area contributed by atoms with E-state index in [2.05, 4.69) is 31.6 Å². The molecular weight excluding hydrogens is 466 g/mol. The number of benzene rings is 1. The van der Waals surface area contributed by atoms with E-state index in [-0.39, 0.29) is 0 Å². The van der Waals surface area contributed by atoms with Crippen LogP contribution in [-0.2, 0) is 15.5 Å². The first-order valence-electron chi connectivity index (χ1n) is 11.4. The second-order valence-electron chi connectivity index (χ2n) is 8.30. The van der Waals surface area contributed by atoms with E-state index in [1.54, 1.807) is 19.5 Å². The van der Waals surface area contributed by atoms with E-state index in [1.165, 1.54) is 0 Å². The van der Waals surface area contributed by atoms with Crippen LogP contribution in [0.2, 0.25) is 0 Å². The molecule has 1 aromatic carbocycles. The van der Waals surface area contributed by atoms with Gasteiger partial charge in [-0.05, 0) is 18.2 Å². The van der Waals surface area contributed by atoms with Crippen LogP contribution in [0.25, 0.3) is 16.9 Å². The van der Waals surface area contributed by atoms with E-state index >= 15 is 0 Å². The highest BCUT2D eigenvalue weighted by Crippen LogP contribution is 2.34. The Morgan fingerprint density at radius 3 is 2.94 bits per heavy atom. The zero-order valence-corrected chi connectivity index (χ0v) is 20.0. The summed E-state index contributed by atoms with van der Waals surface area (Å²) in [4.78, 5) is 16.1. The molecule has 1 unspecified atom stereocenters. The highest BCUT2D eigenvalue weighted by molar-refractivity contribution is 7.85. The lowest BCUT2D eigenvalue weighted by Crippen LogP contribution is -2.36. The third-order valence-electron chi connectivity index (χ3n) is 6.13. The topological polar surface area (TPSA) is 106 Å². The molecule has 5 heterocycles. The number of methoxy groups -OCH3 is 1. The smallest absolute Gasteiger partial charge is 0.180 e. The Kier molecular flexibility index (Phi) is 5.71. The number of hydrogen-bond acceptors (Lipinski definition) is 9. The van der Waals surface area contributed by atoms with Crippen molar-refractivity contribution in [3.63, 3.8) is 0 Å². The van der Waals surface area contributed by atoms with E-state index in [9.17, 15) is 4.21 Å². The lowest BCUT2D eigenvalue weighted by Gasteiger charge is -2.30. The molecule has 2 aliphatic heterocycles. The molecule has 0 saturated carbocycles. The Morgan fingerprint density at radius 1 is 1.20 bits per heavy atom. The van der Waals surface area contributed by atoms with E-state index in [0.29, 0.717) is 42.0 Å². The molecule has 0 bridgehead atoms. The SMILES string of the molecule is COc1cc(Nc2nc(-c3cnc4c(c3)NCCS4=O)cn3ccnc23)ccc1N1CCOCC1. The third-order valence-corrected chi connectivity index (χ3v) is 7.47. The van der Waals surface area contributed by atoms with Crippen molar-refractivity contribution in [3.05, 3.63) is 49.1 Å². The van der Waals surface area contributed by atoms with Gasteiger partial charge in [0, 0.05) is 67.5 Å². The van der Waals surface area contributed by atoms with Crippen molar-refractivity contribution in [2.24, 2.45) is 0 Å². The van der Waals surface area contributed by atoms with Gasteiger partial charge in [0.1, 0.15) is 10.8 Å². The maximum atomic E-state index is 12.3. The first kappa shape index (κ1) is 21.8. The number of nitrogens with one attached hydrogen (secondary N) is 2. The maximum Gasteiger partial charge on any atom is 0.180 e. The molecule has 3 aromatic heterocycles. The zero-order valence-electron chi connectivity index (χ0n) is 19.2. The molecule has 0 aliphatic carbocycles. The minimum Gasteiger partial charge on any atom is -0.495 e. The molecule has 2 N–H and O–H groups in total. The lowest BCUT2D eigenvalue weighted by atomic mass is 10.2. The molecule has 1 fully saturated rings. The van der Waals surface area contributed by atoms with Gasteiger partial charge in [-0.2, -0.15) is 0 Å². The van der Waals surface area contributed by atoms with Gasteiger partial charge < -0.3 is 29.4 Å². The van der Waals surface area contributed by atoms with E-state index in [0.717, 1.165) is 47.2 Å². The number of hydrogen-bond donors (Lipinski definition) is 2. The van der Waals surface area contributed by atoms with Crippen molar-refractivity contribution >= 4 is 39.3 Å². The number of pyridine rings is 1. The number of rotatable bonds is 5. The van der Waals surface area contributed by atoms with Crippen LogP contribution >= 0.6 is 0 Å². The fourth-order valence-electron chi connectivity index (χ4n) is 4.39. The predicted octanol–water partition coefficient (Wildman–Crippen LogP) is 2.91. The van der Waals surface area contributed by atoms with Crippen LogP contribution in [0.5, 0.6) is 5.75 Å². The predicted molar refractivity (Wildman–Crippen MR) is 135 cm³/mol. The molecule has 180 valence electrons. The molecule has 2 aliphatic rings. The highest BCUT2D eigenvalue weighted by atomic mass is 32.2. The van der Waals surface area contributed by atoms with E-state index in [4.69, 9.17) is 14.5 Å². The Morgan fingerprint density at radius 2 is 2.09 bits per heavy atom. The fourth-order valence-corrected chi connectivity index (χ4v) is 5.42. The summed E-state index contributed by atoms with van der Waals surface area (Å²) in [5, 5.41) is 7.30. The fraction of sp³-hybridized carbons (Fsp3) is 0.292. The van der Waals surface area contributed by atoms with Crippen molar-refractivity contribution in [2.75, 3.05) is 61.2 Å². The van der Waals surface area contributed by atoms with Gasteiger partial charge in [-0.25, -0.2) is 15.0 Å². The van der Waals surface area contributed by atoms with E-state index in [1.807, 2.05) is 35.0 Å². The van der Waals surface area contributed by atoms with Crippen molar-refractivity contribution < 1.29 is 13.7 Å². The number of aromatic nitrogens is 4. The Bertz CT molecular complexity index is 1420. The van der Waals surface area contributed by atoms with Gasteiger partial charge in [0.15, 0.2) is 11.5 Å². The Labute approximate surface area is 204 Å². The second-order valence-corrected chi connectivity index (χ2v) is 9.78. The minimum absolute atomic E-state index is 0.570. The lowest BCUT2D eigenvalue weighted by molar-refractivity contribution is 0.122. The Hall–Kier alpha value is -3.70. The largest absolute Gasteiger partial charge is 0.495 e. The molecule has 10 nitrogen and oxygen atoms in total. The van der Waals surface area contributed by atoms with Crippen molar-refractivity contribution in [3.8, 4) is 17.0 Å². The summed E-state index contributed by atoms with van der Waals surface area (Å²) in [7, 11) is 0.602. The first-order chi connectivity index (χ1) is 17.2. The first-order valence-corrected chi connectivity index (χ1v) is 12.8. The van der Waals surface area contributed by atoms with Crippen LogP contribution in [0.3, 0.4) is 0 Å². The van der Waals surface area contributed by atoms with Gasteiger partial charge in [-0.15, -0.1) is 0 Å². The molecular formula is C24H25N7O3S. The highest BCUT2D eigenvalue weighted by Gasteiger charge is 2.20. The van der Waals surface area contributed by atoms with Crippen LogP contribution in [-0.4, -0.2) is 69.3 Å². The summed E-state index contributed by atoms with van der Waals surface area (Å²) in [6, 6.07) is 7.99. The van der Waals surface area contributed by atoms with Crippen LogP contribution in [0, 0.1) is 0 Å². The van der Waals surface area contributed by atoms with Gasteiger partial charge in [-0.3, -0.25) is 4.21 Å². The summed E-state index contributed by atoms with van der Waals surface area (Å²) < 4.78 is 25.4. The van der Waals surface area contributed by atoms with Gasteiger partial charge >= 0.3 is 0 Å². The molecule has 1 saturated heterocycles. The van der Waals surface area contributed by atoms with Gasteiger partial charge in [0.2, 0.25) is 0 Å². The molecule has 0 spiro atoms. The minimum atomic E-state index is -1.08. The molecule has 6 rings (SSSR count). The Balaban J connectivity index is 1.35. The average molecular weight is 492 g/mol. The molecule has 11 heteroatoms. The van der Waals surface area contributed by atoms with Gasteiger partial charge in [-0.1, -0.05) is 0 Å². The summed E-state index contributed by atoms with van der Waals surface area (Å²) in [6.07, 6.45) is 7.26. The van der Waals surface area contributed by atoms with Crippen molar-refractivity contribution in [1.82, 2.24) is 19.4 Å².